The molecule has 2 aromatic carbocycles. The normalized spacial score (nSPS) is 20.6. The van der Waals surface area contributed by atoms with E-state index in [2.05, 4.69) is 74.6 Å². The third kappa shape index (κ3) is 2.48. The molecule has 0 fully saturated rings. The van der Waals surface area contributed by atoms with Gasteiger partial charge in [-0.05, 0) is 56.0 Å². The highest BCUT2D eigenvalue weighted by Gasteiger charge is 2.38. The maximum absolute atomic E-state index is 13.8. The van der Waals surface area contributed by atoms with Crippen molar-refractivity contribution >= 4 is 24.0 Å². The predicted octanol–water partition coefficient (Wildman–Crippen LogP) is 4.37. The Balaban J connectivity index is 2.26. The highest BCUT2D eigenvalue weighted by atomic mass is 31.2. The van der Waals surface area contributed by atoms with Crippen molar-refractivity contribution in [1.29, 1.82) is 0 Å². The van der Waals surface area contributed by atoms with Crippen LogP contribution in [-0.2, 0) is 4.57 Å². The van der Waals surface area contributed by atoms with E-state index in [4.69, 9.17) is 0 Å². The molecule has 1 unspecified atom stereocenters. The molecule has 0 radical (unpaired) electrons. The maximum atomic E-state index is 13.8. The van der Waals surface area contributed by atoms with E-state index < -0.39 is 7.29 Å². The lowest BCUT2D eigenvalue weighted by molar-refractivity contribution is 0.579. The molecule has 1 aliphatic heterocycles. The van der Waals surface area contributed by atoms with E-state index in [1.807, 2.05) is 6.66 Å². The number of nitrogens with zero attached hydrogens (tertiary/aromatic N) is 2. The monoisotopic (exact) mass is 328 g/mol. The van der Waals surface area contributed by atoms with E-state index in [9.17, 15) is 4.57 Å². The Kier molecular flexibility index (Phi) is 3.80. The Morgan fingerprint density at radius 3 is 2.17 bits per heavy atom. The van der Waals surface area contributed by atoms with Crippen molar-refractivity contribution in [2.24, 2.45) is 0 Å². The first-order valence-electron chi connectivity index (χ1n) is 7.98. The summed E-state index contributed by atoms with van der Waals surface area (Å²) < 4.78 is 16.0. The number of para-hydroxylation sites is 1. The topological polar surface area (TPSA) is 23.6 Å². The van der Waals surface area contributed by atoms with E-state index in [1.54, 1.807) is 0 Å². The molecule has 2 aromatic rings. The van der Waals surface area contributed by atoms with Gasteiger partial charge in [0.25, 0.3) is 0 Å². The summed E-state index contributed by atoms with van der Waals surface area (Å²) in [5.74, 6) is 0. The summed E-state index contributed by atoms with van der Waals surface area (Å²) in [5.41, 5.74) is 6.95. The van der Waals surface area contributed by atoms with Crippen molar-refractivity contribution in [3.8, 4) is 0 Å². The summed E-state index contributed by atoms with van der Waals surface area (Å²) >= 11 is 0. The molecule has 0 aromatic heterocycles. The van der Waals surface area contributed by atoms with Crippen LogP contribution in [0.15, 0.2) is 30.3 Å². The van der Waals surface area contributed by atoms with E-state index >= 15 is 0 Å². The first-order chi connectivity index (χ1) is 10.7. The molecule has 122 valence electrons. The Morgan fingerprint density at radius 2 is 1.57 bits per heavy atom. The molecular formula is C19H25N2OP. The zero-order valence-corrected chi connectivity index (χ0v) is 15.7. The van der Waals surface area contributed by atoms with E-state index in [-0.39, 0.29) is 0 Å². The lowest BCUT2D eigenvalue weighted by Crippen LogP contribution is -2.44. The summed E-state index contributed by atoms with van der Waals surface area (Å²) in [5, 5.41) is 0.978. The van der Waals surface area contributed by atoms with Crippen LogP contribution in [0.3, 0.4) is 0 Å². The summed E-state index contributed by atoms with van der Waals surface area (Å²) in [4.78, 5) is 2.22. The summed E-state index contributed by atoms with van der Waals surface area (Å²) in [6, 6.07) is 10.5. The first-order valence-corrected chi connectivity index (χ1v) is 10.1. The zero-order valence-electron chi connectivity index (χ0n) is 14.8. The van der Waals surface area contributed by atoms with Gasteiger partial charge in [-0.2, -0.15) is 0 Å². The van der Waals surface area contributed by atoms with E-state index in [0.717, 1.165) is 16.7 Å². The third-order valence-electron chi connectivity index (χ3n) is 4.76. The van der Waals surface area contributed by atoms with Gasteiger partial charge in [0.15, 0.2) is 0 Å². The second-order valence-corrected chi connectivity index (χ2v) is 9.53. The lowest BCUT2D eigenvalue weighted by atomic mass is 10.1. The molecule has 0 aliphatic carbocycles. The van der Waals surface area contributed by atoms with Crippen LogP contribution >= 0.6 is 7.29 Å². The van der Waals surface area contributed by atoms with Gasteiger partial charge in [0, 0.05) is 13.7 Å². The average molecular weight is 328 g/mol. The fraction of sp³-hybridized carbons (Fsp3) is 0.368. The van der Waals surface area contributed by atoms with Gasteiger partial charge >= 0.3 is 0 Å². The fourth-order valence-electron chi connectivity index (χ4n) is 3.75. The molecule has 0 bridgehead atoms. The minimum absolute atomic E-state index is 0.649. The van der Waals surface area contributed by atoms with Crippen molar-refractivity contribution in [2.45, 2.75) is 27.7 Å². The Labute approximate surface area is 139 Å². The number of hydrogen-bond acceptors (Lipinski definition) is 2. The third-order valence-corrected chi connectivity index (χ3v) is 7.24. The molecule has 0 saturated carbocycles. The highest BCUT2D eigenvalue weighted by molar-refractivity contribution is 7.72. The number of hydrogen-bond donors (Lipinski definition) is 0. The summed E-state index contributed by atoms with van der Waals surface area (Å²) in [6.45, 7) is 10.9. The number of fused-ring (bicyclic) bond motifs is 1. The molecule has 1 aliphatic rings. The SMILES string of the molecule is Cc1cc(C)c2c(c1)P(C)(=O)N(c1c(C)cccc1C)CN2C. The first kappa shape index (κ1) is 16.1. The minimum atomic E-state index is -2.66. The van der Waals surface area contributed by atoms with Crippen LogP contribution in [0.25, 0.3) is 0 Å². The van der Waals surface area contributed by atoms with Crippen LogP contribution in [0, 0.1) is 27.7 Å². The molecular weight excluding hydrogens is 303 g/mol. The van der Waals surface area contributed by atoms with Crippen LogP contribution in [-0.4, -0.2) is 20.4 Å². The smallest absolute Gasteiger partial charge is 0.201 e. The molecule has 1 atom stereocenters. The molecule has 0 saturated heterocycles. The quantitative estimate of drug-likeness (QED) is 0.726. The second kappa shape index (κ2) is 5.42. The van der Waals surface area contributed by atoms with Gasteiger partial charge in [-0.1, -0.05) is 24.3 Å². The number of anilines is 2. The van der Waals surface area contributed by atoms with Crippen LogP contribution < -0.4 is 14.9 Å². The average Bonchev–Trinajstić information content (AvgIpc) is 2.43. The number of aryl methyl sites for hydroxylation is 4. The maximum Gasteiger partial charge on any atom is 0.201 e. The standard InChI is InChI=1S/C19H25N2OP/c1-13-10-16(4)19-17(11-13)23(6,22)21(12-20(19)5)18-14(2)8-7-9-15(18)3/h7-11H,12H2,1-6H3. The largest absolute Gasteiger partial charge is 0.356 e. The minimum Gasteiger partial charge on any atom is -0.356 e. The lowest BCUT2D eigenvalue weighted by Gasteiger charge is -2.43. The van der Waals surface area contributed by atoms with Gasteiger partial charge < -0.3 is 9.57 Å². The van der Waals surface area contributed by atoms with Crippen LogP contribution in [0.4, 0.5) is 11.4 Å². The molecule has 4 heteroatoms. The molecule has 3 rings (SSSR count). The van der Waals surface area contributed by atoms with Crippen LogP contribution in [0.5, 0.6) is 0 Å². The van der Waals surface area contributed by atoms with Crippen molar-refractivity contribution in [3.63, 3.8) is 0 Å². The Bertz CT molecular complexity index is 808. The number of benzene rings is 2. The summed E-state index contributed by atoms with van der Waals surface area (Å²) in [6.07, 6.45) is 0. The van der Waals surface area contributed by atoms with Gasteiger partial charge in [0.2, 0.25) is 7.29 Å². The molecule has 0 N–H and O–H groups in total. The molecule has 0 amide bonds. The van der Waals surface area contributed by atoms with Gasteiger partial charge in [-0.15, -0.1) is 0 Å². The second-order valence-electron chi connectivity index (χ2n) is 6.81. The van der Waals surface area contributed by atoms with Gasteiger partial charge in [-0.25, -0.2) is 0 Å². The van der Waals surface area contributed by atoms with Gasteiger partial charge in [0.1, 0.15) is 0 Å². The highest BCUT2D eigenvalue weighted by Crippen LogP contribution is 2.54. The summed E-state index contributed by atoms with van der Waals surface area (Å²) in [7, 11) is -0.578. The molecule has 0 spiro atoms. The molecule has 23 heavy (non-hydrogen) atoms. The van der Waals surface area contributed by atoms with Crippen molar-refractivity contribution in [1.82, 2.24) is 0 Å². The molecule has 3 nitrogen and oxygen atoms in total. The van der Waals surface area contributed by atoms with Gasteiger partial charge in [0.05, 0.1) is 23.3 Å². The zero-order chi connectivity index (χ0) is 16.9. The fourth-order valence-corrected chi connectivity index (χ4v) is 6.32. The molecule has 1 heterocycles. The van der Waals surface area contributed by atoms with Gasteiger partial charge in [-0.3, -0.25) is 4.57 Å². The van der Waals surface area contributed by atoms with E-state index in [1.165, 1.54) is 22.3 Å². The van der Waals surface area contributed by atoms with Crippen molar-refractivity contribution in [3.05, 3.63) is 52.6 Å². The predicted molar refractivity (Wildman–Crippen MR) is 101 cm³/mol. The Morgan fingerprint density at radius 1 is 0.957 bits per heavy atom. The van der Waals surface area contributed by atoms with E-state index in [0.29, 0.717) is 6.67 Å². The van der Waals surface area contributed by atoms with Crippen molar-refractivity contribution < 1.29 is 4.57 Å². The van der Waals surface area contributed by atoms with Crippen LogP contribution in [0.1, 0.15) is 22.3 Å². The Hall–Kier alpha value is -1.73. The number of rotatable bonds is 1. The van der Waals surface area contributed by atoms with Crippen LogP contribution in [0.2, 0.25) is 0 Å². The van der Waals surface area contributed by atoms with Crippen molar-refractivity contribution in [2.75, 3.05) is 30.0 Å².